The molecule has 0 saturated heterocycles. The predicted octanol–water partition coefficient (Wildman–Crippen LogP) is 2.38. The fraction of sp³-hybridized carbons (Fsp3) is 0.350. The maximum absolute atomic E-state index is 11.0. The molecule has 0 amide bonds. The number of carboxylic acids is 1. The van der Waals surface area contributed by atoms with Crippen LogP contribution in [0.15, 0.2) is 30.3 Å². The number of aliphatic carboxylic acids is 1. The standard InChI is InChI=1S/C20H22N4O3/c1-24-20-17(22-23-24)8-14(9-18(20)27-2)16-10-15-12(6-7-19(25)26)4-3-5-13(15)11-21-16/h3-5,8-9,16,21H,6-7,10-11H2,1-2H3,(H,25,26)/t16-/m1/s1. The quantitative estimate of drug-likeness (QED) is 0.721. The number of rotatable bonds is 5. The number of aromatic nitrogens is 3. The average Bonchev–Trinajstić information content (AvgIpc) is 3.06. The van der Waals surface area contributed by atoms with Gasteiger partial charge < -0.3 is 15.2 Å². The highest BCUT2D eigenvalue weighted by molar-refractivity contribution is 5.82. The van der Waals surface area contributed by atoms with Crippen LogP contribution in [0.4, 0.5) is 0 Å². The molecular formula is C20H22N4O3. The van der Waals surface area contributed by atoms with Crippen LogP contribution < -0.4 is 10.1 Å². The molecule has 140 valence electrons. The van der Waals surface area contributed by atoms with Crippen LogP contribution in [-0.4, -0.2) is 33.2 Å². The Morgan fingerprint density at radius 2 is 2.26 bits per heavy atom. The molecule has 2 N–H and O–H groups in total. The third kappa shape index (κ3) is 3.26. The van der Waals surface area contributed by atoms with Gasteiger partial charge in [-0.3, -0.25) is 4.79 Å². The molecule has 7 heteroatoms. The lowest BCUT2D eigenvalue weighted by molar-refractivity contribution is -0.136. The van der Waals surface area contributed by atoms with Gasteiger partial charge >= 0.3 is 5.97 Å². The van der Waals surface area contributed by atoms with E-state index >= 15 is 0 Å². The van der Waals surface area contributed by atoms with E-state index in [1.807, 2.05) is 31.3 Å². The number of methoxy groups -OCH3 is 1. The lowest BCUT2D eigenvalue weighted by Crippen LogP contribution is -2.29. The Bertz CT molecular complexity index is 1010. The highest BCUT2D eigenvalue weighted by Crippen LogP contribution is 2.33. The largest absolute Gasteiger partial charge is 0.494 e. The first-order valence-corrected chi connectivity index (χ1v) is 8.99. The van der Waals surface area contributed by atoms with Crippen LogP contribution in [0.5, 0.6) is 5.75 Å². The lowest BCUT2D eigenvalue weighted by atomic mass is 9.87. The van der Waals surface area contributed by atoms with E-state index in [-0.39, 0.29) is 12.5 Å². The second-order valence-corrected chi connectivity index (χ2v) is 6.89. The zero-order valence-electron chi connectivity index (χ0n) is 15.4. The molecule has 2 aromatic carbocycles. The summed E-state index contributed by atoms with van der Waals surface area (Å²) in [7, 11) is 3.50. The van der Waals surface area contributed by atoms with Gasteiger partial charge in [-0.1, -0.05) is 23.4 Å². The zero-order chi connectivity index (χ0) is 19.0. The maximum atomic E-state index is 11.0. The molecule has 0 aliphatic carbocycles. The van der Waals surface area contributed by atoms with Gasteiger partial charge in [0.2, 0.25) is 0 Å². The molecule has 0 spiro atoms. The SMILES string of the molecule is COc1cc([C@H]2Cc3c(CCC(=O)O)cccc3CN2)cc2nnn(C)c12. The van der Waals surface area contributed by atoms with Crippen molar-refractivity contribution < 1.29 is 14.6 Å². The number of nitrogens with one attached hydrogen (secondary N) is 1. The number of benzene rings is 2. The van der Waals surface area contributed by atoms with Crippen LogP contribution in [-0.2, 0) is 31.2 Å². The molecule has 27 heavy (non-hydrogen) atoms. The molecule has 1 aliphatic heterocycles. The molecule has 3 aromatic rings. The van der Waals surface area contributed by atoms with Gasteiger partial charge in [-0.05, 0) is 47.2 Å². The van der Waals surface area contributed by atoms with Crippen LogP contribution in [0.25, 0.3) is 11.0 Å². The average molecular weight is 366 g/mol. The van der Waals surface area contributed by atoms with Crippen molar-refractivity contribution in [1.29, 1.82) is 0 Å². The number of nitrogens with zero attached hydrogens (tertiary/aromatic N) is 3. The van der Waals surface area contributed by atoms with Gasteiger partial charge in [-0.15, -0.1) is 5.10 Å². The topological polar surface area (TPSA) is 89.3 Å². The molecule has 1 aromatic heterocycles. The van der Waals surface area contributed by atoms with Crippen LogP contribution in [0.1, 0.15) is 34.7 Å². The minimum atomic E-state index is -0.768. The Morgan fingerprint density at radius 3 is 3.04 bits per heavy atom. The third-order valence-electron chi connectivity index (χ3n) is 5.24. The van der Waals surface area contributed by atoms with Crippen LogP contribution in [0.2, 0.25) is 0 Å². The van der Waals surface area contributed by atoms with E-state index in [0.29, 0.717) is 6.42 Å². The second-order valence-electron chi connectivity index (χ2n) is 6.89. The Balaban J connectivity index is 1.68. The summed E-state index contributed by atoms with van der Waals surface area (Å²) in [5.74, 6) is -0.0160. The molecular weight excluding hydrogens is 344 g/mol. The van der Waals surface area contributed by atoms with Crippen LogP contribution >= 0.6 is 0 Å². The summed E-state index contributed by atoms with van der Waals surface area (Å²) in [6.45, 7) is 0.752. The van der Waals surface area contributed by atoms with E-state index < -0.39 is 5.97 Å². The fourth-order valence-corrected chi connectivity index (χ4v) is 3.87. The van der Waals surface area contributed by atoms with Crippen molar-refractivity contribution in [2.24, 2.45) is 7.05 Å². The number of fused-ring (bicyclic) bond motifs is 2. The first kappa shape index (κ1) is 17.5. The van der Waals surface area contributed by atoms with Crippen LogP contribution in [0, 0.1) is 0 Å². The summed E-state index contributed by atoms with van der Waals surface area (Å²) in [6.07, 6.45) is 1.51. The van der Waals surface area contributed by atoms with Gasteiger partial charge in [0.25, 0.3) is 0 Å². The summed E-state index contributed by atoms with van der Waals surface area (Å²) in [5.41, 5.74) is 6.38. The summed E-state index contributed by atoms with van der Waals surface area (Å²) >= 11 is 0. The number of ether oxygens (including phenoxy) is 1. The number of aryl methyl sites for hydroxylation is 2. The Labute approximate surface area is 156 Å². The van der Waals surface area contributed by atoms with E-state index in [4.69, 9.17) is 9.84 Å². The van der Waals surface area contributed by atoms with Crippen molar-refractivity contribution in [3.05, 3.63) is 52.6 Å². The summed E-state index contributed by atoms with van der Waals surface area (Å²) < 4.78 is 7.28. The minimum Gasteiger partial charge on any atom is -0.494 e. The monoisotopic (exact) mass is 366 g/mol. The Hall–Kier alpha value is -2.93. The van der Waals surface area contributed by atoms with Gasteiger partial charge in [0.1, 0.15) is 16.8 Å². The van der Waals surface area contributed by atoms with Crippen molar-refractivity contribution >= 4 is 17.0 Å². The van der Waals surface area contributed by atoms with Gasteiger partial charge in [-0.25, -0.2) is 4.68 Å². The van der Waals surface area contributed by atoms with Crippen molar-refractivity contribution in [2.75, 3.05) is 7.11 Å². The van der Waals surface area contributed by atoms with E-state index in [2.05, 4.69) is 21.7 Å². The second kappa shape index (κ2) is 7.00. The number of carboxylic acid groups (broad SMARTS) is 1. The molecule has 7 nitrogen and oxygen atoms in total. The zero-order valence-corrected chi connectivity index (χ0v) is 15.4. The van der Waals surface area contributed by atoms with Crippen molar-refractivity contribution in [3.63, 3.8) is 0 Å². The highest BCUT2D eigenvalue weighted by atomic mass is 16.5. The fourth-order valence-electron chi connectivity index (χ4n) is 3.87. The number of hydrogen-bond donors (Lipinski definition) is 2. The minimum absolute atomic E-state index is 0.115. The van der Waals surface area contributed by atoms with Crippen LogP contribution in [0.3, 0.4) is 0 Å². The third-order valence-corrected chi connectivity index (χ3v) is 5.24. The molecule has 0 radical (unpaired) electrons. The van der Waals surface area contributed by atoms with E-state index in [1.165, 1.54) is 11.1 Å². The molecule has 1 aliphatic rings. The summed E-state index contributed by atoms with van der Waals surface area (Å²) in [6, 6.07) is 10.4. The smallest absolute Gasteiger partial charge is 0.303 e. The van der Waals surface area contributed by atoms with Crippen molar-refractivity contribution in [2.45, 2.75) is 31.8 Å². The molecule has 4 rings (SSSR count). The van der Waals surface area contributed by atoms with Gasteiger partial charge in [0.15, 0.2) is 0 Å². The van der Waals surface area contributed by atoms with Crippen molar-refractivity contribution in [3.8, 4) is 5.75 Å². The molecule has 1 atom stereocenters. The molecule has 0 unspecified atom stereocenters. The predicted molar refractivity (Wildman–Crippen MR) is 101 cm³/mol. The lowest BCUT2D eigenvalue weighted by Gasteiger charge is -2.28. The van der Waals surface area contributed by atoms with Gasteiger partial charge in [-0.2, -0.15) is 0 Å². The van der Waals surface area contributed by atoms with Gasteiger partial charge in [0, 0.05) is 26.1 Å². The molecule has 0 saturated carbocycles. The maximum Gasteiger partial charge on any atom is 0.303 e. The normalized spacial score (nSPS) is 16.3. The van der Waals surface area contributed by atoms with E-state index in [0.717, 1.165) is 40.9 Å². The Kier molecular flexibility index (Phi) is 4.53. The molecule has 0 fully saturated rings. The van der Waals surface area contributed by atoms with E-state index in [1.54, 1.807) is 11.8 Å². The Morgan fingerprint density at radius 1 is 1.41 bits per heavy atom. The van der Waals surface area contributed by atoms with Crippen molar-refractivity contribution in [1.82, 2.24) is 20.3 Å². The number of hydrogen-bond acceptors (Lipinski definition) is 5. The number of carbonyl (C=O) groups is 1. The molecule has 0 bridgehead atoms. The highest BCUT2D eigenvalue weighted by Gasteiger charge is 2.23. The molecule has 2 heterocycles. The first-order valence-electron chi connectivity index (χ1n) is 8.99. The summed E-state index contributed by atoms with van der Waals surface area (Å²) in [5, 5.41) is 20.9. The van der Waals surface area contributed by atoms with Gasteiger partial charge in [0.05, 0.1) is 7.11 Å². The first-order chi connectivity index (χ1) is 13.1. The summed E-state index contributed by atoms with van der Waals surface area (Å²) in [4.78, 5) is 11.0. The van der Waals surface area contributed by atoms with E-state index in [9.17, 15) is 4.79 Å².